The summed E-state index contributed by atoms with van der Waals surface area (Å²) in [5.74, 6) is 2.08. The van der Waals surface area contributed by atoms with Crippen LogP contribution in [0.3, 0.4) is 0 Å². The van der Waals surface area contributed by atoms with Gasteiger partial charge in [-0.15, -0.1) is 0 Å². The Labute approximate surface area is 149 Å². The zero-order valence-corrected chi connectivity index (χ0v) is 15.2. The van der Waals surface area contributed by atoms with Gasteiger partial charge in [0.15, 0.2) is 0 Å². The fourth-order valence-corrected chi connectivity index (χ4v) is 3.49. The number of carbonyl (C=O) groups excluding carboxylic acids is 2. The van der Waals surface area contributed by atoms with Crippen LogP contribution in [0, 0.1) is 11.8 Å². The van der Waals surface area contributed by atoms with Crippen molar-refractivity contribution in [1.29, 1.82) is 0 Å². The molecule has 0 unspecified atom stereocenters. The molecule has 1 heterocycles. The molecule has 25 heavy (non-hydrogen) atoms. The third-order valence-corrected chi connectivity index (χ3v) is 5.37. The number of aryl methyl sites for hydroxylation is 1. The summed E-state index contributed by atoms with van der Waals surface area (Å²) in [5.41, 5.74) is 1.14. The third-order valence-electron chi connectivity index (χ3n) is 5.37. The van der Waals surface area contributed by atoms with Gasteiger partial charge in [0, 0.05) is 38.5 Å². The molecule has 1 saturated heterocycles. The van der Waals surface area contributed by atoms with Gasteiger partial charge in [0.1, 0.15) is 5.75 Å². The second-order valence-corrected chi connectivity index (χ2v) is 7.23. The number of benzene rings is 1. The molecule has 0 aromatic heterocycles. The number of hydrogen-bond acceptors (Lipinski definition) is 3. The lowest BCUT2D eigenvalue weighted by Gasteiger charge is -2.22. The SMILES string of the molecule is COc1ccc(CCC(=O)N2CCCN(C(=O)[C@H]3C[C@@H]3C)CC2)cc1. The molecule has 136 valence electrons. The molecular formula is C20H28N2O3. The highest BCUT2D eigenvalue weighted by Gasteiger charge is 2.41. The number of nitrogens with zero attached hydrogens (tertiary/aromatic N) is 2. The molecule has 2 fully saturated rings. The molecule has 1 aliphatic heterocycles. The van der Waals surface area contributed by atoms with Crippen LogP contribution < -0.4 is 4.74 Å². The number of methoxy groups -OCH3 is 1. The maximum Gasteiger partial charge on any atom is 0.226 e. The van der Waals surface area contributed by atoms with Crippen LogP contribution in [0.2, 0.25) is 0 Å². The minimum atomic E-state index is 0.185. The van der Waals surface area contributed by atoms with E-state index in [1.54, 1.807) is 7.11 Å². The highest BCUT2D eigenvalue weighted by atomic mass is 16.5. The Bertz CT molecular complexity index is 614. The second kappa shape index (κ2) is 7.89. The molecule has 2 amide bonds. The molecular weight excluding hydrogens is 316 g/mol. The van der Waals surface area contributed by atoms with Crippen molar-refractivity contribution in [3.8, 4) is 5.75 Å². The Balaban J connectivity index is 1.46. The molecule has 1 aromatic carbocycles. The summed E-state index contributed by atoms with van der Waals surface area (Å²) < 4.78 is 5.15. The Hall–Kier alpha value is -2.04. The van der Waals surface area contributed by atoms with Gasteiger partial charge in [-0.25, -0.2) is 0 Å². The minimum Gasteiger partial charge on any atom is -0.497 e. The standard InChI is InChI=1S/C20H28N2O3/c1-15-14-18(15)20(24)22-11-3-10-21(12-13-22)19(23)9-6-16-4-7-17(25-2)8-5-16/h4-5,7-8,15,18H,3,6,9-14H2,1-2H3/t15-,18-/m0/s1. The normalized spacial score (nSPS) is 23.1. The van der Waals surface area contributed by atoms with Gasteiger partial charge in [0.25, 0.3) is 0 Å². The van der Waals surface area contributed by atoms with E-state index in [1.165, 1.54) is 0 Å². The maximum atomic E-state index is 12.5. The van der Waals surface area contributed by atoms with Crippen LogP contribution in [0.15, 0.2) is 24.3 Å². The Morgan fingerprint density at radius 2 is 1.72 bits per heavy atom. The van der Waals surface area contributed by atoms with Crippen LogP contribution >= 0.6 is 0 Å². The van der Waals surface area contributed by atoms with Crippen molar-refractivity contribution in [2.45, 2.75) is 32.6 Å². The molecule has 5 nitrogen and oxygen atoms in total. The molecule has 0 N–H and O–H groups in total. The summed E-state index contributed by atoms with van der Waals surface area (Å²) in [5, 5.41) is 0. The zero-order chi connectivity index (χ0) is 17.8. The number of carbonyl (C=O) groups is 2. The lowest BCUT2D eigenvalue weighted by Crippen LogP contribution is -2.38. The van der Waals surface area contributed by atoms with Gasteiger partial charge in [-0.3, -0.25) is 9.59 Å². The van der Waals surface area contributed by atoms with E-state index in [2.05, 4.69) is 6.92 Å². The van der Waals surface area contributed by atoms with Crippen LogP contribution in [0.4, 0.5) is 0 Å². The van der Waals surface area contributed by atoms with E-state index >= 15 is 0 Å². The molecule has 1 aromatic rings. The van der Waals surface area contributed by atoms with Gasteiger partial charge >= 0.3 is 0 Å². The molecule has 2 aliphatic rings. The number of ether oxygens (including phenoxy) is 1. The molecule has 3 rings (SSSR count). The third kappa shape index (κ3) is 4.53. The summed E-state index contributed by atoms with van der Waals surface area (Å²) in [6.07, 6.45) is 3.16. The van der Waals surface area contributed by atoms with Crippen LogP contribution in [0.1, 0.15) is 31.7 Å². The molecule has 5 heteroatoms. The van der Waals surface area contributed by atoms with Crippen LogP contribution in [0.25, 0.3) is 0 Å². The summed E-state index contributed by atoms with van der Waals surface area (Å²) in [4.78, 5) is 28.8. The van der Waals surface area contributed by atoms with E-state index in [1.807, 2.05) is 34.1 Å². The van der Waals surface area contributed by atoms with Gasteiger partial charge < -0.3 is 14.5 Å². The van der Waals surface area contributed by atoms with Gasteiger partial charge in [0.05, 0.1) is 7.11 Å². The Morgan fingerprint density at radius 3 is 2.36 bits per heavy atom. The zero-order valence-electron chi connectivity index (χ0n) is 15.2. The first-order chi connectivity index (χ1) is 12.1. The molecule has 0 spiro atoms. The Morgan fingerprint density at radius 1 is 1.08 bits per heavy atom. The molecule has 1 saturated carbocycles. The summed E-state index contributed by atoms with van der Waals surface area (Å²) in [6.45, 7) is 5.01. The topological polar surface area (TPSA) is 49.9 Å². The van der Waals surface area contributed by atoms with E-state index in [4.69, 9.17) is 4.74 Å². The quantitative estimate of drug-likeness (QED) is 0.824. The van der Waals surface area contributed by atoms with Gasteiger partial charge in [0.2, 0.25) is 11.8 Å². The number of rotatable bonds is 5. The van der Waals surface area contributed by atoms with Crippen molar-refractivity contribution in [1.82, 2.24) is 9.80 Å². The van der Waals surface area contributed by atoms with Crippen LogP contribution in [0.5, 0.6) is 5.75 Å². The molecule has 2 atom stereocenters. The Kier molecular flexibility index (Phi) is 5.61. The molecule has 1 aliphatic carbocycles. The van der Waals surface area contributed by atoms with E-state index in [-0.39, 0.29) is 11.8 Å². The van der Waals surface area contributed by atoms with Crippen molar-refractivity contribution < 1.29 is 14.3 Å². The number of hydrogen-bond donors (Lipinski definition) is 0. The van der Waals surface area contributed by atoms with Crippen LogP contribution in [-0.4, -0.2) is 54.9 Å². The first-order valence-corrected chi connectivity index (χ1v) is 9.28. The van der Waals surface area contributed by atoms with E-state index in [0.29, 0.717) is 31.3 Å². The van der Waals surface area contributed by atoms with E-state index < -0.39 is 0 Å². The smallest absolute Gasteiger partial charge is 0.226 e. The van der Waals surface area contributed by atoms with Crippen molar-refractivity contribution in [3.63, 3.8) is 0 Å². The summed E-state index contributed by atoms with van der Waals surface area (Å²) in [7, 11) is 1.65. The highest BCUT2D eigenvalue weighted by molar-refractivity contribution is 5.82. The van der Waals surface area contributed by atoms with Crippen molar-refractivity contribution >= 4 is 11.8 Å². The van der Waals surface area contributed by atoms with Crippen molar-refractivity contribution in [2.75, 3.05) is 33.3 Å². The summed E-state index contributed by atoms with van der Waals surface area (Å²) >= 11 is 0. The first-order valence-electron chi connectivity index (χ1n) is 9.28. The van der Waals surface area contributed by atoms with Crippen molar-refractivity contribution in [3.05, 3.63) is 29.8 Å². The number of amides is 2. The van der Waals surface area contributed by atoms with E-state index in [9.17, 15) is 9.59 Å². The molecule has 0 radical (unpaired) electrons. The summed E-state index contributed by atoms with van der Waals surface area (Å²) in [6, 6.07) is 7.86. The van der Waals surface area contributed by atoms with Crippen molar-refractivity contribution in [2.24, 2.45) is 11.8 Å². The average Bonchev–Trinajstić information content (AvgIpc) is 3.41. The van der Waals surface area contributed by atoms with E-state index in [0.717, 1.165) is 43.7 Å². The monoisotopic (exact) mass is 344 g/mol. The fourth-order valence-electron chi connectivity index (χ4n) is 3.49. The van der Waals surface area contributed by atoms with Crippen LogP contribution in [-0.2, 0) is 16.0 Å². The second-order valence-electron chi connectivity index (χ2n) is 7.23. The van der Waals surface area contributed by atoms with Gasteiger partial charge in [-0.05, 0) is 42.9 Å². The lowest BCUT2D eigenvalue weighted by molar-refractivity contribution is -0.134. The first kappa shape index (κ1) is 17.8. The van der Waals surface area contributed by atoms with Gasteiger partial charge in [-0.1, -0.05) is 19.1 Å². The molecule has 0 bridgehead atoms. The highest BCUT2D eigenvalue weighted by Crippen LogP contribution is 2.39. The predicted molar refractivity (Wildman–Crippen MR) is 96.4 cm³/mol. The maximum absolute atomic E-state index is 12.5. The minimum absolute atomic E-state index is 0.185. The largest absolute Gasteiger partial charge is 0.497 e. The predicted octanol–water partition coefficient (Wildman–Crippen LogP) is 2.34. The lowest BCUT2D eigenvalue weighted by atomic mass is 10.1. The fraction of sp³-hybridized carbons (Fsp3) is 0.600. The van der Waals surface area contributed by atoms with Gasteiger partial charge in [-0.2, -0.15) is 0 Å². The average molecular weight is 344 g/mol.